The highest BCUT2D eigenvalue weighted by molar-refractivity contribution is 7.95. The van der Waals surface area contributed by atoms with Crippen molar-refractivity contribution in [2.45, 2.75) is 13.1 Å². The Morgan fingerprint density at radius 1 is 0.633 bits per heavy atom. The van der Waals surface area contributed by atoms with Gasteiger partial charge in [0.15, 0.2) is 0 Å². The number of pyridine rings is 1. The highest BCUT2D eigenvalue weighted by Gasteiger charge is 2.46. The molecule has 0 aliphatic carbocycles. The quantitative estimate of drug-likeness (QED) is 0.369. The highest BCUT2D eigenvalue weighted by atomic mass is 31.2. The van der Waals surface area contributed by atoms with Gasteiger partial charge in [-0.2, -0.15) is 0 Å². The predicted octanol–water partition coefficient (Wildman–Crippen LogP) is 5.14. The number of imidazole rings is 1. The summed E-state index contributed by atoms with van der Waals surface area (Å²) >= 11 is 0. The van der Waals surface area contributed by atoms with Crippen molar-refractivity contribution in [3.63, 3.8) is 0 Å². The molecule has 30 heavy (non-hydrogen) atoms. The lowest BCUT2D eigenvalue weighted by Gasteiger charge is -2.27. The van der Waals surface area contributed by atoms with Crippen LogP contribution in [0.15, 0.2) is 115 Å². The van der Waals surface area contributed by atoms with Crippen molar-refractivity contribution in [3.05, 3.63) is 127 Å². The maximum Gasteiger partial charge on any atom is 0.137 e. The van der Waals surface area contributed by atoms with Crippen LogP contribution in [0, 0.1) is 6.92 Å². The van der Waals surface area contributed by atoms with Gasteiger partial charge in [-0.3, -0.25) is 0 Å². The van der Waals surface area contributed by atoms with Crippen molar-refractivity contribution in [1.82, 2.24) is 9.38 Å². The number of aryl methyl sites for hydroxylation is 1. The summed E-state index contributed by atoms with van der Waals surface area (Å²) in [6, 6.07) is 39.2. The first kappa shape index (κ1) is 18.8. The van der Waals surface area contributed by atoms with Gasteiger partial charge in [-0.15, -0.1) is 0 Å². The number of nitrogens with zero attached hydrogens (tertiary/aromatic N) is 2. The normalized spacial score (nSPS) is 11.6. The fraction of sp³-hybridized carbons (Fsp3) is 0.0741. The molecule has 0 amide bonds. The van der Waals surface area contributed by atoms with Gasteiger partial charge in [0.2, 0.25) is 0 Å². The second-order valence-electron chi connectivity index (χ2n) is 7.55. The highest BCUT2D eigenvalue weighted by Crippen LogP contribution is 2.58. The Hall–Kier alpha value is -3.22. The molecule has 0 radical (unpaired) electrons. The first-order chi connectivity index (χ1) is 14.8. The fourth-order valence-electron chi connectivity index (χ4n) is 4.31. The average Bonchev–Trinajstić information content (AvgIpc) is 3.14. The Morgan fingerprint density at radius 2 is 1.10 bits per heavy atom. The molecule has 0 aliphatic heterocycles. The van der Waals surface area contributed by atoms with E-state index in [4.69, 9.17) is 4.98 Å². The zero-order chi connectivity index (χ0) is 20.4. The molecule has 0 aliphatic rings. The standard InChI is InChI=1S/C27H24N2P/c1-22-26(28-27-19-11-12-20-29(22)27)21-30(23-13-5-2-6-14-23,24-15-7-3-8-16-24)25-17-9-4-10-18-25/h2-20H,21H2,1H3/q+1. The maximum absolute atomic E-state index is 5.06. The third kappa shape index (κ3) is 3.14. The second-order valence-corrected chi connectivity index (χ2v) is 11.0. The molecule has 0 N–H and O–H groups in total. The lowest BCUT2D eigenvalue weighted by atomic mass is 10.3. The molecule has 5 aromatic rings. The summed E-state index contributed by atoms with van der Waals surface area (Å²) in [6.45, 7) is 2.19. The van der Waals surface area contributed by atoms with Gasteiger partial charge in [-0.05, 0) is 55.5 Å². The molecular weight excluding hydrogens is 383 g/mol. The van der Waals surface area contributed by atoms with Crippen molar-refractivity contribution in [2.24, 2.45) is 0 Å². The Balaban J connectivity index is 1.80. The van der Waals surface area contributed by atoms with Crippen molar-refractivity contribution in [2.75, 3.05) is 0 Å². The number of aromatic nitrogens is 2. The molecule has 0 unspecified atom stereocenters. The Bertz CT molecular complexity index is 1170. The first-order valence-electron chi connectivity index (χ1n) is 10.3. The van der Waals surface area contributed by atoms with E-state index in [0.717, 1.165) is 11.8 Å². The molecule has 2 aromatic heterocycles. The molecule has 2 nitrogen and oxygen atoms in total. The summed E-state index contributed by atoms with van der Waals surface area (Å²) in [4.78, 5) is 5.06. The third-order valence-corrected chi connectivity index (χ3v) is 10.2. The van der Waals surface area contributed by atoms with Gasteiger partial charge in [0, 0.05) is 11.9 Å². The van der Waals surface area contributed by atoms with E-state index in [0.29, 0.717) is 0 Å². The van der Waals surface area contributed by atoms with Crippen LogP contribution in [0.1, 0.15) is 11.4 Å². The number of benzene rings is 3. The van der Waals surface area contributed by atoms with E-state index in [1.165, 1.54) is 27.3 Å². The van der Waals surface area contributed by atoms with E-state index in [-0.39, 0.29) is 0 Å². The summed E-state index contributed by atoms with van der Waals surface area (Å²) in [5, 5.41) is 4.16. The molecule has 3 aromatic carbocycles. The smallest absolute Gasteiger partial charge is 0.137 e. The van der Waals surface area contributed by atoms with Gasteiger partial charge in [0.25, 0.3) is 0 Å². The van der Waals surface area contributed by atoms with Gasteiger partial charge >= 0.3 is 0 Å². The Labute approximate surface area is 178 Å². The van der Waals surface area contributed by atoms with E-state index < -0.39 is 7.26 Å². The van der Waals surface area contributed by atoms with Gasteiger partial charge < -0.3 is 4.40 Å². The first-order valence-corrected chi connectivity index (χ1v) is 12.2. The van der Waals surface area contributed by atoms with Crippen LogP contribution in [-0.4, -0.2) is 9.38 Å². The summed E-state index contributed by atoms with van der Waals surface area (Å²) < 4.78 is 2.20. The second kappa shape index (κ2) is 7.89. The molecular formula is C27H24N2P+. The van der Waals surface area contributed by atoms with E-state index in [2.05, 4.69) is 127 Å². The molecule has 0 fully saturated rings. The maximum atomic E-state index is 5.06. The molecule has 3 heteroatoms. The van der Waals surface area contributed by atoms with Crippen molar-refractivity contribution in [1.29, 1.82) is 0 Å². The minimum atomic E-state index is -1.93. The molecule has 0 spiro atoms. The Morgan fingerprint density at radius 3 is 1.57 bits per heavy atom. The third-order valence-electron chi connectivity index (χ3n) is 5.84. The van der Waals surface area contributed by atoms with Crippen molar-refractivity contribution >= 4 is 28.8 Å². The molecule has 146 valence electrons. The van der Waals surface area contributed by atoms with Crippen LogP contribution in [0.3, 0.4) is 0 Å². The monoisotopic (exact) mass is 407 g/mol. The molecule has 0 atom stereocenters. The van der Waals surface area contributed by atoms with Crippen molar-refractivity contribution < 1.29 is 0 Å². The predicted molar refractivity (Wildman–Crippen MR) is 129 cm³/mol. The van der Waals surface area contributed by atoms with Crippen LogP contribution in [0.4, 0.5) is 0 Å². The molecule has 2 heterocycles. The summed E-state index contributed by atoms with van der Waals surface area (Å²) in [6.07, 6.45) is 3.01. The number of hydrogen-bond donors (Lipinski definition) is 0. The minimum absolute atomic E-state index is 0.901. The SMILES string of the molecule is Cc1c(C[P+](c2ccccc2)(c2ccccc2)c2ccccc2)nc2ccccn12. The molecule has 0 bridgehead atoms. The molecule has 0 saturated carbocycles. The largest absolute Gasteiger partial charge is 0.304 e. The van der Waals surface area contributed by atoms with Gasteiger partial charge in [0.05, 0.1) is 0 Å². The lowest BCUT2D eigenvalue weighted by molar-refractivity contribution is 1.09. The average molecular weight is 407 g/mol. The summed E-state index contributed by atoms with van der Waals surface area (Å²) in [5.74, 6) is 0. The summed E-state index contributed by atoms with van der Waals surface area (Å²) in [7, 11) is -1.93. The lowest BCUT2D eigenvalue weighted by Crippen LogP contribution is -2.32. The summed E-state index contributed by atoms with van der Waals surface area (Å²) in [5.41, 5.74) is 3.40. The zero-order valence-electron chi connectivity index (χ0n) is 17.0. The Kier molecular flexibility index (Phi) is 4.94. The van der Waals surface area contributed by atoms with Crippen molar-refractivity contribution in [3.8, 4) is 0 Å². The fourth-order valence-corrected chi connectivity index (χ4v) is 8.54. The van der Waals surface area contributed by atoms with E-state index in [9.17, 15) is 0 Å². The van der Waals surface area contributed by atoms with E-state index >= 15 is 0 Å². The molecule has 5 rings (SSSR count). The van der Waals surface area contributed by atoms with Crippen LogP contribution in [-0.2, 0) is 6.16 Å². The number of rotatable bonds is 5. The zero-order valence-corrected chi connectivity index (χ0v) is 17.9. The van der Waals surface area contributed by atoms with Gasteiger partial charge in [0.1, 0.15) is 40.7 Å². The van der Waals surface area contributed by atoms with Gasteiger partial charge in [-0.25, -0.2) is 4.98 Å². The van der Waals surface area contributed by atoms with E-state index in [1.54, 1.807) is 0 Å². The van der Waals surface area contributed by atoms with E-state index in [1.807, 2.05) is 0 Å². The van der Waals surface area contributed by atoms with Crippen LogP contribution >= 0.6 is 7.26 Å². The minimum Gasteiger partial charge on any atom is -0.304 e. The molecule has 0 saturated heterocycles. The van der Waals surface area contributed by atoms with Crippen LogP contribution in [0.25, 0.3) is 5.65 Å². The topological polar surface area (TPSA) is 17.3 Å². The van der Waals surface area contributed by atoms with Crippen LogP contribution in [0.2, 0.25) is 0 Å². The van der Waals surface area contributed by atoms with Gasteiger partial charge in [-0.1, -0.05) is 60.7 Å². The number of hydrogen-bond acceptors (Lipinski definition) is 1. The number of fused-ring (bicyclic) bond motifs is 1. The van der Waals surface area contributed by atoms with Crippen LogP contribution < -0.4 is 15.9 Å². The van der Waals surface area contributed by atoms with Crippen LogP contribution in [0.5, 0.6) is 0 Å².